The first kappa shape index (κ1) is 15.9. The van der Waals surface area contributed by atoms with Crippen LogP contribution in [0.2, 0.25) is 0 Å². The average molecular weight is 228 g/mol. The second kappa shape index (κ2) is 9.00. The Bertz CT molecular complexity index is 157. The van der Waals surface area contributed by atoms with Crippen molar-refractivity contribution in [3.05, 3.63) is 0 Å². The largest absolute Gasteiger partial charge is 0.328 e. The third-order valence-electron chi connectivity index (χ3n) is 3.36. The van der Waals surface area contributed by atoms with Gasteiger partial charge in [0.05, 0.1) is 0 Å². The lowest BCUT2D eigenvalue weighted by Gasteiger charge is -2.20. The Morgan fingerprint density at radius 3 is 2.06 bits per heavy atom. The lowest BCUT2D eigenvalue weighted by Crippen LogP contribution is -2.28. The van der Waals surface area contributed by atoms with Crippen molar-refractivity contribution in [2.24, 2.45) is 23.3 Å². The molecule has 0 aromatic carbocycles. The smallest absolute Gasteiger partial charge is 0.00644 e. The van der Waals surface area contributed by atoms with Gasteiger partial charge in [-0.2, -0.15) is 0 Å². The van der Waals surface area contributed by atoms with E-state index >= 15 is 0 Å². The van der Waals surface area contributed by atoms with Crippen LogP contribution in [0.5, 0.6) is 0 Å². The van der Waals surface area contributed by atoms with E-state index in [9.17, 15) is 0 Å². The molecular weight excluding hydrogens is 196 g/mol. The van der Waals surface area contributed by atoms with E-state index in [1.165, 1.54) is 19.3 Å². The first-order valence-electron chi connectivity index (χ1n) is 6.98. The van der Waals surface area contributed by atoms with Crippen LogP contribution in [-0.2, 0) is 0 Å². The summed E-state index contributed by atoms with van der Waals surface area (Å²) in [6, 6.07) is 0.765. The van der Waals surface area contributed by atoms with Gasteiger partial charge in [-0.25, -0.2) is 0 Å². The van der Waals surface area contributed by atoms with E-state index in [4.69, 9.17) is 11.5 Å². The van der Waals surface area contributed by atoms with Crippen molar-refractivity contribution < 1.29 is 0 Å². The third kappa shape index (κ3) is 8.12. The van der Waals surface area contributed by atoms with E-state index in [0.29, 0.717) is 18.0 Å². The summed E-state index contributed by atoms with van der Waals surface area (Å²) in [7, 11) is 0. The van der Waals surface area contributed by atoms with Gasteiger partial charge in [0.1, 0.15) is 0 Å². The standard InChI is InChI=1S/C14H32N2/c1-5-7-14(16)12(4)8-6-9-13(15)10-11(2)3/h11-14H,5-10,15-16H2,1-4H3. The molecule has 0 amide bonds. The number of hydrogen-bond acceptors (Lipinski definition) is 2. The molecule has 0 rings (SSSR count). The summed E-state index contributed by atoms with van der Waals surface area (Å²) in [5.74, 6) is 1.36. The molecule has 0 aromatic rings. The van der Waals surface area contributed by atoms with Gasteiger partial charge in [-0.1, -0.05) is 40.5 Å². The molecule has 0 aliphatic heterocycles. The predicted molar refractivity (Wildman–Crippen MR) is 73.3 cm³/mol. The van der Waals surface area contributed by atoms with Gasteiger partial charge in [0.2, 0.25) is 0 Å². The molecule has 0 heterocycles. The first-order valence-corrected chi connectivity index (χ1v) is 6.98. The lowest BCUT2D eigenvalue weighted by atomic mass is 9.91. The van der Waals surface area contributed by atoms with Gasteiger partial charge in [0, 0.05) is 12.1 Å². The number of hydrogen-bond donors (Lipinski definition) is 2. The van der Waals surface area contributed by atoms with Crippen LogP contribution in [-0.4, -0.2) is 12.1 Å². The zero-order valence-electron chi connectivity index (χ0n) is 11.7. The van der Waals surface area contributed by atoms with E-state index in [1.807, 2.05) is 0 Å². The summed E-state index contributed by atoms with van der Waals surface area (Å²) in [6.45, 7) is 8.94. The highest BCUT2D eigenvalue weighted by Crippen LogP contribution is 2.16. The fraction of sp³-hybridized carbons (Fsp3) is 1.00. The van der Waals surface area contributed by atoms with Crippen molar-refractivity contribution in [2.75, 3.05) is 0 Å². The summed E-state index contributed by atoms with van der Waals surface area (Å²) in [6.07, 6.45) is 7.10. The van der Waals surface area contributed by atoms with Gasteiger partial charge in [-0.3, -0.25) is 0 Å². The molecule has 0 bridgehead atoms. The molecular formula is C14H32N2. The van der Waals surface area contributed by atoms with Crippen molar-refractivity contribution in [1.29, 1.82) is 0 Å². The Morgan fingerprint density at radius 2 is 1.56 bits per heavy atom. The fourth-order valence-corrected chi connectivity index (χ4v) is 2.26. The number of rotatable bonds is 9. The fourth-order valence-electron chi connectivity index (χ4n) is 2.26. The van der Waals surface area contributed by atoms with Crippen LogP contribution < -0.4 is 11.5 Å². The van der Waals surface area contributed by atoms with Crippen molar-refractivity contribution in [1.82, 2.24) is 0 Å². The van der Waals surface area contributed by atoms with Gasteiger partial charge in [-0.15, -0.1) is 0 Å². The highest BCUT2D eigenvalue weighted by molar-refractivity contribution is 4.70. The molecule has 3 unspecified atom stereocenters. The highest BCUT2D eigenvalue weighted by Gasteiger charge is 2.12. The zero-order valence-corrected chi connectivity index (χ0v) is 11.7. The summed E-state index contributed by atoms with van der Waals surface area (Å²) in [5, 5.41) is 0. The molecule has 0 saturated carbocycles. The molecule has 0 aliphatic rings. The van der Waals surface area contributed by atoms with Crippen LogP contribution >= 0.6 is 0 Å². The van der Waals surface area contributed by atoms with Crippen LogP contribution in [0.15, 0.2) is 0 Å². The Hall–Kier alpha value is -0.0800. The van der Waals surface area contributed by atoms with Crippen molar-refractivity contribution >= 4 is 0 Å². The first-order chi connectivity index (χ1) is 7.47. The van der Waals surface area contributed by atoms with Crippen LogP contribution in [0.4, 0.5) is 0 Å². The summed E-state index contributed by atoms with van der Waals surface area (Å²) in [5.41, 5.74) is 12.2. The van der Waals surface area contributed by atoms with Crippen LogP contribution in [0.1, 0.15) is 66.2 Å². The molecule has 16 heavy (non-hydrogen) atoms. The quantitative estimate of drug-likeness (QED) is 0.636. The molecule has 0 fully saturated rings. The highest BCUT2D eigenvalue weighted by atomic mass is 14.6. The molecule has 0 aliphatic carbocycles. The maximum atomic E-state index is 6.09. The minimum atomic E-state index is 0.381. The Labute approximate surface area is 102 Å². The van der Waals surface area contributed by atoms with Crippen molar-refractivity contribution in [3.63, 3.8) is 0 Å². The minimum absolute atomic E-state index is 0.381. The van der Waals surface area contributed by atoms with E-state index < -0.39 is 0 Å². The second-order valence-corrected chi connectivity index (χ2v) is 5.75. The van der Waals surface area contributed by atoms with Crippen molar-refractivity contribution in [3.8, 4) is 0 Å². The molecule has 0 spiro atoms. The minimum Gasteiger partial charge on any atom is -0.328 e. The molecule has 4 N–H and O–H groups in total. The van der Waals surface area contributed by atoms with E-state index in [1.54, 1.807) is 0 Å². The van der Waals surface area contributed by atoms with Crippen molar-refractivity contribution in [2.45, 2.75) is 78.3 Å². The number of nitrogens with two attached hydrogens (primary N) is 2. The van der Waals surface area contributed by atoms with Gasteiger partial charge < -0.3 is 11.5 Å². The molecule has 0 saturated heterocycles. The summed E-state index contributed by atoms with van der Waals surface area (Å²) >= 11 is 0. The van der Waals surface area contributed by atoms with Gasteiger partial charge in [-0.05, 0) is 37.5 Å². The van der Waals surface area contributed by atoms with E-state index in [2.05, 4.69) is 27.7 Å². The van der Waals surface area contributed by atoms with Gasteiger partial charge >= 0.3 is 0 Å². The SMILES string of the molecule is CCCC(N)C(C)CCCC(N)CC(C)C. The Balaban J connectivity index is 3.56. The van der Waals surface area contributed by atoms with Crippen LogP contribution in [0.3, 0.4) is 0 Å². The topological polar surface area (TPSA) is 52.0 Å². The second-order valence-electron chi connectivity index (χ2n) is 5.75. The molecule has 3 atom stereocenters. The molecule has 0 radical (unpaired) electrons. The molecule has 98 valence electrons. The zero-order chi connectivity index (χ0) is 12.6. The Morgan fingerprint density at radius 1 is 0.938 bits per heavy atom. The van der Waals surface area contributed by atoms with E-state index in [-0.39, 0.29) is 0 Å². The van der Waals surface area contributed by atoms with Gasteiger partial charge in [0.25, 0.3) is 0 Å². The van der Waals surface area contributed by atoms with E-state index in [0.717, 1.165) is 25.2 Å². The third-order valence-corrected chi connectivity index (χ3v) is 3.36. The normalized spacial score (nSPS) is 17.4. The summed E-state index contributed by atoms with van der Waals surface area (Å²) < 4.78 is 0. The molecule has 0 aromatic heterocycles. The Kier molecular flexibility index (Phi) is 8.96. The molecule has 2 heteroatoms. The predicted octanol–water partition coefficient (Wildman–Crippen LogP) is 3.29. The van der Waals surface area contributed by atoms with Gasteiger partial charge in [0.15, 0.2) is 0 Å². The average Bonchev–Trinajstić information content (AvgIpc) is 2.16. The maximum absolute atomic E-state index is 6.09. The molecule has 2 nitrogen and oxygen atoms in total. The maximum Gasteiger partial charge on any atom is 0.00644 e. The van der Waals surface area contributed by atoms with Crippen LogP contribution in [0.25, 0.3) is 0 Å². The van der Waals surface area contributed by atoms with Crippen LogP contribution in [0, 0.1) is 11.8 Å². The monoisotopic (exact) mass is 228 g/mol. The summed E-state index contributed by atoms with van der Waals surface area (Å²) in [4.78, 5) is 0. The lowest BCUT2D eigenvalue weighted by molar-refractivity contribution is 0.372.